The van der Waals surface area contributed by atoms with Crippen molar-refractivity contribution in [3.8, 4) is 11.5 Å². The highest BCUT2D eigenvalue weighted by atomic mass is 16.5. The van der Waals surface area contributed by atoms with Gasteiger partial charge in [-0.3, -0.25) is 4.79 Å². The summed E-state index contributed by atoms with van der Waals surface area (Å²) in [6, 6.07) is 11.7. The van der Waals surface area contributed by atoms with Crippen LogP contribution in [-0.4, -0.2) is 24.2 Å². The number of aromatic hydroxyl groups is 1. The van der Waals surface area contributed by atoms with E-state index in [4.69, 9.17) is 10.5 Å². The number of carbonyl (C=O) groups excluding carboxylic acids is 1. The van der Waals surface area contributed by atoms with Crippen molar-refractivity contribution < 1.29 is 14.6 Å². The predicted octanol–water partition coefficient (Wildman–Crippen LogP) is 2.09. The first kappa shape index (κ1) is 14.7. The molecule has 1 amide bonds. The van der Waals surface area contributed by atoms with Crippen molar-refractivity contribution in [3.05, 3.63) is 53.6 Å². The smallest absolute Gasteiger partial charge is 0.251 e. The van der Waals surface area contributed by atoms with Gasteiger partial charge in [-0.25, -0.2) is 0 Å². The summed E-state index contributed by atoms with van der Waals surface area (Å²) >= 11 is 0. The van der Waals surface area contributed by atoms with E-state index < -0.39 is 0 Å². The highest BCUT2D eigenvalue weighted by Gasteiger charge is 2.08. The van der Waals surface area contributed by atoms with Crippen LogP contribution in [0.5, 0.6) is 11.5 Å². The normalized spacial score (nSPS) is 10.1. The lowest BCUT2D eigenvalue weighted by molar-refractivity contribution is 0.0946. The lowest BCUT2D eigenvalue weighted by Gasteiger charge is -2.09. The molecule has 0 spiro atoms. The Bertz CT molecular complexity index is 624. The van der Waals surface area contributed by atoms with E-state index in [0.717, 1.165) is 5.56 Å². The lowest BCUT2D eigenvalue weighted by atomic mass is 10.1. The second-order valence-corrected chi connectivity index (χ2v) is 4.67. The molecular formula is C16H18N2O3. The molecule has 2 aromatic rings. The molecule has 0 saturated heterocycles. The van der Waals surface area contributed by atoms with Gasteiger partial charge in [0.15, 0.2) is 0 Å². The molecule has 2 rings (SSSR count). The molecule has 21 heavy (non-hydrogen) atoms. The number of anilines is 1. The van der Waals surface area contributed by atoms with Crippen LogP contribution < -0.4 is 15.8 Å². The number of phenols is 1. The zero-order valence-electron chi connectivity index (χ0n) is 11.8. The number of phenolic OH excluding ortho intramolecular Hbond substituents is 1. The maximum Gasteiger partial charge on any atom is 0.251 e. The third-order valence-electron chi connectivity index (χ3n) is 2.99. The first-order chi connectivity index (χ1) is 10.1. The van der Waals surface area contributed by atoms with Crippen LogP contribution in [0.3, 0.4) is 0 Å². The van der Waals surface area contributed by atoms with Gasteiger partial charge in [-0.05, 0) is 55.0 Å². The minimum Gasteiger partial charge on any atom is -0.508 e. The van der Waals surface area contributed by atoms with Crippen LogP contribution in [0.4, 0.5) is 5.69 Å². The van der Waals surface area contributed by atoms with Crippen molar-refractivity contribution in [2.75, 3.05) is 18.9 Å². The zero-order chi connectivity index (χ0) is 15.2. The van der Waals surface area contributed by atoms with Crippen molar-refractivity contribution in [3.63, 3.8) is 0 Å². The molecule has 0 atom stereocenters. The van der Waals surface area contributed by atoms with Crippen molar-refractivity contribution in [1.82, 2.24) is 5.32 Å². The van der Waals surface area contributed by atoms with E-state index in [9.17, 15) is 9.90 Å². The SMILES string of the molecule is Cc1cc(O)ccc1C(=O)NCCOc1ccc(N)cc1. The number of hydrogen-bond donors (Lipinski definition) is 3. The molecule has 0 aliphatic rings. The molecule has 4 N–H and O–H groups in total. The Balaban J connectivity index is 1.80. The van der Waals surface area contributed by atoms with Crippen LogP contribution >= 0.6 is 0 Å². The number of aryl methyl sites for hydroxylation is 1. The molecule has 0 radical (unpaired) electrons. The van der Waals surface area contributed by atoms with E-state index in [1.165, 1.54) is 6.07 Å². The molecule has 0 saturated carbocycles. The molecule has 0 heterocycles. The van der Waals surface area contributed by atoms with Crippen LogP contribution in [0.1, 0.15) is 15.9 Å². The summed E-state index contributed by atoms with van der Waals surface area (Å²) in [4.78, 5) is 12.0. The molecule has 5 nitrogen and oxygen atoms in total. The monoisotopic (exact) mass is 286 g/mol. The van der Waals surface area contributed by atoms with E-state index in [0.29, 0.717) is 30.2 Å². The van der Waals surface area contributed by atoms with Crippen LogP contribution in [0.15, 0.2) is 42.5 Å². The number of nitrogens with one attached hydrogen (secondary N) is 1. The topological polar surface area (TPSA) is 84.6 Å². The highest BCUT2D eigenvalue weighted by molar-refractivity contribution is 5.95. The third-order valence-corrected chi connectivity index (χ3v) is 2.99. The summed E-state index contributed by atoms with van der Waals surface area (Å²) < 4.78 is 5.49. The van der Waals surface area contributed by atoms with Gasteiger partial charge in [-0.15, -0.1) is 0 Å². The van der Waals surface area contributed by atoms with Crippen molar-refractivity contribution >= 4 is 11.6 Å². The zero-order valence-corrected chi connectivity index (χ0v) is 11.8. The minimum absolute atomic E-state index is 0.149. The summed E-state index contributed by atoms with van der Waals surface area (Å²) in [6.45, 7) is 2.54. The third kappa shape index (κ3) is 4.14. The number of benzene rings is 2. The van der Waals surface area contributed by atoms with Crippen molar-refractivity contribution in [2.24, 2.45) is 0 Å². The van der Waals surface area contributed by atoms with Crippen LogP contribution in [0.2, 0.25) is 0 Å². The van der Waals surface area contributed by atoms with Crippen molar-refractivity contribution in [1.29, 1.82) is 0 Å². The summed E-state index contributed by atoms with van der Waals surface area (Å²) in [5.41, 5.74) is 7.53. The van der Waals surface area contributed by atoms with E-state index in [2.05, 4.69) is 5.32 Å². The van der Waals surface area contributed by atoms with Crippen LogP contribution in [0.25, 0.3) is 0 Å². The van der Waals surface area contributed by atoms with Gasteiger partial charge in [0.2, 0.25) is 0 Å². The number of ether oxygens (including phenoxy) is 1. The molecule has 5 heteroatoms. The molecule has 0 fully saturated rings. The summed E-state index contributed by atoms with van der Waals surface area (Å²) in [6.07, 6.45) is 0. The number of carbonyl (C=O) groups is 1. The quantitative estimate of drug-likeness (QED) is 0.580. The molecule has 0 aromatic heterocycles. The molecular weight excluding hydrogens is 268 g/mol. The standard InChI is InChI=1S/C16H18N2O3/c1-11-10-13(19)4-7-15(11)16(20)18-8-9-21-14-5-2-12(17)3-6-14/h2-7,10,19H,8-9,17H2,1H3,(H,18,20). The second kappa shape index (κ2) is 6.65. The second-order valence-electron chi connectivity index (χ2n) is 4.67. The predicted molar refractivity (Wildman–Crippen MR) is 81.5 cm³/mol. The van der Waals surface area contributed by atoms with Gasteiger partial charge in [0, 0.05) is 11.3 Å². The molecule has 0 aliphatic heterocycles. The maximum absolute atomic E-state index is 12.0. The lowest BCUT2D eigenvalue weighted by Crippen LogP contribution is -2.28. The fraction of sp³-hybridized carbons (Fsp3) is 0.188. The summed E-state index contributed by atoms with van der Waals surface area (Å²) in [7, 11) is 0. The highest BCUT2D eigenvalue weighted by Crippen LogP contribution is 2.15. The van der Waals surface area contributed by atoms with Gasteiger partial charge in [-0.2, -0.15) is 0 Å². The largest absolute Gasteiger partial charge is 0.508 e. The fourth-order valence-corrected chi connectivity index (χ4v) is 1.90. The first-order valence-corrected chi connectivity index (χ1v) is 6.62. The molecule has 2 aromatic carbocycles. The minimum atomic E-state index is -0.187. The Kier molecular flexibility index (Phi) is 4.66. The number of amides is 1. The Morgan fingerprint density at radius 1 is 1.24 bits per heavy atom. The number of rotatable bonds is 5. The first-order valence-electron chi connectivity index (χ1n) is 6.62. The average Bonchev–Trinajstić information content (AvgIpc) is 2.45. The molecule has 0 bridgehead atoms. The van der Waals surface area contributed by atoms with E-state index in [-0.39, 0.29) is 11.7 Å². The Hall–Kier alpha value is -2.69. The Labute approximate surface area is 123 Å². The molecule has 110 valence electrons. The van der Waals surface area contributed by atoms with E-state index in [1.807, 2.05) is 0 Å². The number of hydrogen-bond acceptors (Lipinski definition) is 4. The van der Waals surface area contributed by atoms with Gasteiger partial charge in [-0.1, -0.05) is 0 Å². The average molecular weight is 286 g/mol. The summed E-state index contributed by atoms with van der Waals surface area (Å²) in [5.74, 6) is 0.670. The molecule has 0 unspecified atom stereocenters. The van der Waals surface area contributed by atoms with Gasteiger partial charge >= 0.3 is 0 Å². The number of nitrogen functional groups attached to an aromatic ring is 1. The van der Waals surface area contributed by atoms with Crippen molar-refractivity contribution in [2.45, 2.75) is 6.92 Å². The van der Waals surface area contributed by atoms with Gasteiger partial charge in [0.05, 0.1) is 6.54 Å². The Morgan fingerprint density at radius 3 is 2.62 bits per heavy atom. The van der Waals surface area contributed by atoms with Crippen LogP contribution in [0, 0.1) is 6.92 Å². The van der Waals surface area contributed by atoms with Gasteiger partial charge in [0.1, 0.15) is 18.1 Å². The van der Waals surface area contributed by atoms with Gasteiger partial charge in [0.25, 0.3) is 5.91 Å². The Morgan fingerprint density at radius 2 is 1.95 bits per heavy atom. The fourth-order valence-electron chi connectivity index (χ4n) is 1.90. The van der Waals surface area contributed by atoms with Crippen LogP contribution in [-0.2, 0) is 0 Å². The maximum atomic E-state index is 12.0. The molecule has 0 aliphatic carbocycles. The number of nitrogens with two attached hydrogens (primary N) is 1. The van der Waals surface area contributed by atoms with E-state index >= 15 is 0 Å². The van der Waals surface area contributed by atoms with Gasteiger partial charge < -0.3 is 20.9 Å². The summed E-state index contributed by atoms with van der Waals surface area (Å²) in [5, 5.41) is 12.1. The van der Waals surface area contributed by atoms with E-state index in [1.54, 1.807) is 43.3 Å².